The van der Waals surface area contributed by atoms with Crippen LogP contribution in [0.15, 0.2) is 39.7 Å². The maximum absolute atomic E-state index is 5.86. The van der Waals surface area contributed by atoms with Crippen LogP contribution < -0.4 is 5.32 Å². The Bertz CT molecular complexity index is 689. The molecule has 4 rings (SSSR count). The Labute approximate surface area is 159 Å². The fraction of sp³-hybridized carbons (Fsp3) is 0.500. The van der Waals surface area contributed by atoms with Gasteiger partial charge in [-0.3, -0.25) is 4.99 Å². The van der Waals surface area contributed by atoms with Gasteiger partial charge in [0.1, 0.15) is 11.3 Å². The number of ether oxygens (including phenoxy) is 1. The van der Waals surface area contributed by atoms with Gasteiger partial charge in [-0.05, 0) is 25.0 Å². The normalized spacial score (nSPS) is 23.9. The summed E-state index contributed by atoms with van der Waals surface area (Å²) in [5, 5.41) is 4.58. The second-order valence-corrected chi connectivity index (χ2v) is 6.63. The molecule has 24 heavy (non-hydrogen) atoms. The fourth-order valence-electron chi connectivity index (χ4n) is 3.71. The first-order valence-corrected chi connectivity index (χ1v) is 8.29. The summed E-state index contributed by atoms with van der Waals surface area (Å²) in [5.74, 6) is 1.89. The number of furan rings is 1. The minimum Gasteiger partial charge on any atom is -0.459 e. The lowest BCUT2D eigenvalue weighted by atomic mass is 9.87. The molecule has 0 bridgehead atoms. The number of nitrogens with one attached hydrogen (secondary N) is 1. The zero-order valence-electron chi connectivity index (χ0n) is 14.0. The summed E-state index contributed by atoms with van der Waals surface area (Å²) in [6, 6.07) is 10.2. The number of hydrogen-bond donors (Lipinski definition) is 1. The second kappa shape index (κ2) is 7.31. The first-order chi connectivity index (χ1) is 11.3. The van der Waals surface area contributed by atoms with Crippen LogP contribution in [-0.4, -0.2) is 44.2 Å². The van der Waals surface area contributed by atoms with Crippen LogP contribution in [0.4, 0.5) is 0 Å². The van der Waals surface area contributed by atoms with Gasteiger partial charge < -0.3 is 19.4 Å². The highest BCUT2D eigenvalue weighted by Crippen LogP contribution is 2.38. The molecule has 3 heterocycles. The summed E-state index contributed by atoms with van der Waals surface area (Å²) in [5.41, 5.74) is 1.28. The van der Waals surface area contributed by atoms with Gasteiger partial charge in [-0.1, -0.05) is 18.2 Å². The van der Waals surface area contributed by atoms with E-state index in [4.69, 9.17) is 9.15 Å². The van der Waals surface area contributed by atoms with E-state index in [2.05, 4.69) is 27.3 Å². The van der Waals surface area contributed by atoms with Gasteiger partial charge >= 0.3 is 0 Å². The summed E-state index contributed by atoms with van der Waals surface area (Å²) in [4.78, 5) is 6.79. The van der Waals surface area contributed by atoms with Crippen LogP contribution in [0.3, 0.4) is 0 Å². The molecule has 2 aromatic rings. The number of fused-ring (bicyclic) bond motifs is 1. The average molecular weight is 441 g/mol. The van der Waals surface area contributed by atoms with E-state index in [1.807, 2.05) is 25.2 Å². The van der Waals surface area contributed by atoms with E-state index in [-0.39, 0.29) is 24.0 Å². The Morgan fingerprint density at radius 3 is 2.96 bits per heavy atom. The lowest BCUT2D eigenvalue weighted by Crippen LogP contribution is -2.41. The van der Waals surface area contributed by atoms with Gasteiger partial charge in [-0.15, -0.1) is 24.0 Å². The predicted octanol–water partition coefficient (Wildman–Crippen LogP) is 3.24. The van der Waals surface area contributed by atoms with Crippen molar-refractivity contribution in [1.82, 2.24) is 10.2 Å². The van der Waals surface area contributed by atoms with Gasteiger partial charge in [0.2, 0.25) is 0 Å². The zero-order chi connectivity index (χ0) is 15.7. The fourth-order valence-corrected chi connectivity index (χ4v) is 3.71. The molecule has 2 saturated heterocycles. The number of rotatable bonds is 2. The molecule has 1 aromatic heterocycles. The molecule has 130 valence electrons. The molecular formula is C18H24IN3O2. The van der Waals surface area contributed by atoms with Crippen LogP contribution in [-0.2, 0) is 11.3 Å². The maximum Gasteiger partial charge on any atom is 0.194 e. The average Bonchev–Trinajstić information content (AvgIpc) is 3.29. The number of likely N-dealkylation sites (tertiary alicyclic amines) is 1. The highest BCUT2D eigenvalue weighted by atomic mass is 127. The summed E-state index contributed by atoms with van der Waals surface area (Å²) in [7, 11) is 1.84. The molecule has 6 heteroatoms. The van der Waals surface area contributed by atoms with Crippen LogP contribution in [0.5, 0.6) is 0 Å². The number of halogens is 1. The van der Waals surface area contributed by atoms with E-state index in [9.17, 15) is 0 Å². The van der Waals surface area contributed by atoms with Crippen molar-refractivity contribution in [3.05, 3.63) is 36.1 Å². The summed E-state index contributed by atoms with van der Waals surface area (Å²) >= 11 is 0. The Balaban J connectivity index is 0.00000169. The quantitative estimate of drug-likeness (QED) is 0.442. The second-order valence-electron chi connectivity index (χ2n) is 6.63. The molecule has 0 amide bonds. The molecule has 5 nitrogen and oxygen atoms in total. The molecule has 0 aliphatic carbocycles. The van der Waals surface area contributed by atoms with Crippen molar-refractivity contribution in [2.24, 2.45) is 10.4 Å². The lowest BCUT2D eigenvalue weighted by molar-refractivity contribution is 0.156. The Hall–Kier alpha value is -1.28. The molecule has 0 saturated carbocycles. The number of nitrogens with zero attached hydrogens (tertiary/aromatic N) is 2. The molecular weight excluding hydrogens is 417 g/mol. The monoisotopic (exact) mass is 441 g/mol. The molecule has 1 unspecified atom stereocenters. The molecule has 1 spiro atoms. The van der Waals surface area contributed by atoms with E-state index in [1.165, 1.54) is 12.8 Å². The van der Waals surface area contributed by atoms with Crippen molar-refractivity contribution in [3.8, 4) is 0 Å². The summed E-state index contributed by atoms with van der Waals surface area (Å²) < 4.78 is 11.5. The van der Waals surface area contributed by atoms with Gasteiger partial charge in [0.25, 0.3) is 0 Å². The van der Waals surface area contributed by atoms with Gasteiger partial charge in [0, 0.05) is 37.5 Å². The van der Waals surface area contributed by atoms with Crippen molar-refractivity contribution in [2.45, 2.75) is 19.4 Å². The van der Waals surface area contributed by atoms with Gasteiger partial charge in [0.15, 0.2) is 5.96 Å². The minimum atomic E-state index is 0. The highest BCUT2D eigenvalue weighted by molar-refractivity contribution is 14.0. The van der Waals surface area contributed by atoms with E-state index in [0.29, 0.717) is 12.0 Å². The maximum atomic E-state index is 5.86. The van der Waals surface area contributed by atoms with E-state index in [1.54, 1.807) is 0 Å². The van der Waals surface area contributed by atoms with Gasteiger partial charge in [0.05, 0.1) is 13.2 Å². The molecule has 0 radical (unpaired) electrons. The van der Waals surface area contributed by atoms with Crippen LogP contribution in [0.2, 0.25) is 0 Å². The van der Waals surface area contributed by atoms with Gasteiger partial charge in [-0.2, -0.15) is 0 Å². The molecule has 2 aliphatic heterocycles. The minimum absolute atomic E-state index is 0. The number of benzene rings is 1. The molecule has 1 aromatic carbocycles. The third-order valence-electron chi connectivity index (χ3n) is 5.03. The van der Waals surface area contributed by atoms with Crippen molar-refractivity contribution < 1.29 is 9.15 Å². The summed E-state index contributed by atoms with van der Waals surface area (Å²) in [6.07, 6.45) is 2.36. The first kappa shape index (κ1) is 17.5. The van der Waals surface area contributed by atoms with Crippen molar-refractivity contribution in [3.63, 3.8) is 0 Å². The largest absolute Gasteiger partial charge is 0.459 e. The lowest BCUT2D eigenvalue weighted by Gasteiger charge is -2.24. The predicted molar refractivity (Wildman–Crippen MR) is 106 cm³/mol. The molecule has 1 N–H and O–H groups in total. The van der Waals surface area contributed by atoms with Crippen LogP contribution >= 0.6 is 24.0 Å². The first-order valence-electron chi connectivity index (χ1n) is 8.29. The van der Waals surface area contributed by atoms with Crippen LogP contribution in [0.1, 0.15) is 18.6 Å². The van der Waals surface area contributed by atoms with Crippen molar-refractivity contribution in [1.29, 1.82) is 0 Å². The van der Waals surface area contributed by atoms with E-state index >= 15 is 0 Å². The van der Waals surface area contributed by atoms with Crippen LogP contribution in [0, 0.1) is 5.41 Å². The topological polar surface area (TPSA) is 50.0 Å². The third kappa shape index (κ3) is 3.39. The summed E-state index contributed by atoms with van der Waals surface area (Å²) in [6.45, 7) is 4.53. The third-order valence-corrected chi connectivity index (χ3v) is 5.03. The number of aliphatic imine (C=N–C) groups is 1. The van der Waals surface area contributed by atoms with E-state index < -0.39 is 0 Å². The SMILES string of the molecule is CN=C(NCc1cc2ccccc2o1)N1CCC2(CCOC2)C1.I. The highest BCUT2D eigenvalue weighted by Gasteiger charge is 2.42. The number of para-hydroxylation sites is 1. The Kier molecular flexibility index (Phi) is 5.34. The van der Waals surface area contributed by atoms with Crippen molar-refractivity contribution >= 4 is 40.9 Å². The molecule has 2 aliphatic rings. The van der Waals surface area contributed by atoms with E-state index in [0.717, 1.165) is 49.0 Å². The molecule has 2 fully saturated rings. The number of hydrogen-bond acceptors (Lipinski definition) is 3. The standard InChI is InChI=1S/C18H23N3O2.HI/c1-19-17(21-8-6-18(12-21)7-9-22-13-18)20-11-15-10-14-4-2-3-5-16(14)23-15;/h2-5,10H,6-9,11-13H2,1H3,(H,19,20);1H. The number of guanidine groups is 1. The smallest absolute Gasteiger partial charge is 0.194 e. The zero-order valence-corrected chi connectivity index (χ0v) is 16.3. The Morgan fingerprint density at radius 1 is 1.33 bits per heavy atom. The van der Waals surface area contributed by atoms with Gasteiger partial charge in [-0.25, -0.2) is 0 Å². The molecule has 1 atom stereocenters. The van der Waals surface area contributed by atoms with Crippen LogP contribution in [0.25, 0.3) is 11.0 Å². The van der Waals surface area contributed by atoms with Crippen molar-refractivity contribution in [2.75, 3.05) is 33.4 Å². The Morgan fingerprint density at radius 2 is 2.21 bits per heavy atom.